The fourth-order valence-electron chi connectivity index (χ4n) is 3.08. The van der Waals surface area contributed by atoms with E-state index in [1.165, 1.54) is 0 Å². The zero-order valence-electron chi connectivity index (χ0n) is 10.1. The average Bonchev–Trinajstić information content (AvgIpc) is 2.44. The van der Waals surface area contributed by atoms with E-state index in [0.29, 0.717) is 0 Å². The first kappa shape index (κ1) is 11.9. The van der Waals surface area contributed by atoms with Crippen LogP contribution in [-0.2, 0) is 5.41 Å². The lowest BCUT2D eigenvalue weighted by molar-refractivity contribution is 0.454. The van der Waals surface area contributed by atoms with Gasteiger partial charge in [-0.05, 0) is 61.3 Å². The molecule has 0 spiro atoms. The molecule has 1 aliphatic carbocycles. The van der Waals surface area contributed by atoms with Gasteiger partial charge in [0.05, 0.1) is 0 Å². The van der Waals surface area contributed by atoms with Crippen molar-refractivity contribution in [2.75, 3.05) is 0 Å². The second-order valence-electron chi connectivity index (χ2n) is 5.34. The van der Waals surface area contributed by atoms with Gasteiger partial charge in [0.25, 0.3) is 0 Å². The summed E-state index contributed by atoms with van der Waals surface area (Å²) in [5, 5.41) is 0.199. The van der Waals surface area contributed by atoms with Crippen molar-refractivity contribution >= 4 is 11.6 Å². The molecule has 16 heavy (non-hydrogen) atoms. The molecule has 0 aromatic heterocycles. The van der Waals surface area contributed by atoms with Crippen LogP contribution in [0.25, 0.3) is 0 Å². The summed E-state index contributed by atoms with van der Waals surface area (Å²) in [5.74, 6) is -0.0641. The minimum absolute atomic E-state index is 0.0641. The van der Waals surface area contributed by atoms with E-state index in [9.17, 15) is 4.39 Å². The Morgan fingerprint density at radius 3 is 2.56 bits per heavy atom. The predicted molar refractivity (Wildman–Crippen MR) is 66.7 cm³/mol. The van der Waals surface area contributed by atoms with Crippen LogP contribution in [0.2, 0.25) is 0 Å². The van der Waals surface area contributed by atoms with Crippen LogP contribution >= 0.6 is 11.6 Å². The summed E-state index contributed by atoms with van der Waals surface area (Å²) in [5.41, 5.74) is 2.85. The number of halogens is 2. The van der Waals surface area contributed by atoms with E-state index in [-0.39, 0.29) is 16.6 Å². The third-order valence-electron chi connectivity index (χ3n) is 3.72. The van der Waals surface area contributed by atoms with E-state index in [1.54, 1.807) is 6.07 Å². The van der Waals surface area contributed by atoms with Gasteiger partial charge in [0.2, 0.25) is 0 Å². The lowest BCUT2D eigenvalue weighted by Gasteiger charge is -2.27. The predicted octanol–water partition coefficient (Wildman–Crippen LogP) is 4.49. The van der Waals surface area contributed by atoms with Crippen molar-refractivity contribution in [3.8, 4) is 0 Å². The van der Waals surface area contributed by atoms with Crippen LogP contribution in [-0.4, -0.2) is 5.38 Å². The van der Waals surface area contributed by atoms with E-state index in [1.807, 2.05) is 13.8 Å². The molecule has 0 aliphatic heterocycles. The van der Waals surface area contributed by atoms with Gasteiger partial charge in [-0.25, -0.2) is 4.39 Å². The molecule has 2 rings (SSSR count). The number of alkyl halides is 1. The highest BCUT2D eigenvalue weighted by Crippen LogP contribution is 2.45. The molecule has 0 saturated heterocycles. The highest BCUT2D eigenvalue weighted by Gasteiger charge is 2.38. The molecule has 1 fully saturated rings. The van der Waals surface area contributed by atoms with Gasteiger partial charge in [0, 0.05) is 5.38 Å². The normalized spacial score (nSPS) is 29.7. The fourth-order valence-corrected chi connectivity index (χ4v) is 3.52. The van der Waals surface area contributed by atoms with Crippen LogP contribution < -0.4 is 0 Å². The van der Waals surface area contributed by atoms with Gasteiger partial charge in [-0.2, -0.15) is 0 Å². The summed E-state index contributed by atoms with van der Waals surface area (Å²) in [6.07, 6.45) is 2.86. The summed E-state index contributed by atoms with van der Waals surface area (Å²) in [6, 6.07) is 3.69. The monoisotopic (exact) mass is 240 g/mol. The number of hydrogen-bond acceptors (Lipinski definition) is 0. The number of rotatable bonds is 1. The van der Waals surface area contributed by atoms with Crippen molar-refractivity contribution in [1.82, 2.24) is 0 Å². The molecule has 0 amide bonds. The summed E-state index contributed by atoms with van der Waals surface area (Å²) in [6.45, 7) is 6.07. The number of hydrogen-bond donors (Lipinski definition) is 0. The Kier molecular flexibility index (Phi) is 3.00. The summed E-state index contributed by atoms with van der Waals surface area (Å²) >= 11 is 6.16. The molecule has 1 saturated carbocycles. The van der Waals surface area contributed by atoms with Crippen LogP contribution in [0.3, 0.4) is 0 Å². The second-order valence-corrected chi connectivity index (χ2v) is 5.96. The highest BCUT2D eigenvalue weighted by molar-refractivity contribution is 6.20. The molecular weight excluding hydrogens is 223 g/mol. The Labute approximate surface area is 102 Å². The zero-order valence-corrected chi connectivity index (χ0v) is 10.9. The molecule has 88 valence electrons. The maximum atomic E-state index is 14.1. The van der Waals surface area contributed by atoms with Crippen LogP contribution in [0.4, 0.5) is 4.39 Å². The summed E-state index contributed by atoms with van der Waals surface area (Å²) in [4.78, 5) is 0. The van der Waals surface area contributed by atoms with Crippen molar-refractivity contribution in [2.45, 2.75) is 50.8 Å². The van der Waals surface area contributed by atoms with Crippen molar-refractivity contribution in [2.24, 2.45) is 0 Å². The quantitative estimate of drug-likeness (QED) is 0.635. The first-order valence-corrected chi connectivity index (χ1v) is 6.27. The maximum absolute atomic E-state index is 14.1. The van der Waals surface area contributed by atoms with Crippen LogP contribution in [0.1, 0.15) is 42.9 Å². The highest BCUT2D eigenvalue weighted by atomic mass is 35.5. The standard InChI is InChI=1S/C14H18ClF/c1-9-6-10(2)13(12(16)7-9)14(3)5-4-11(15)8-14/h6-7,11H,4-5,8H2,1-3H3. The number of benzene rings is 1. The molecule has 0 bridgehead atoms. The molecule has 0 radical (unpaired) electrons. The van der Waals surface area contributed by atoms with Crippen molar-refractivity contribution in [3.05, 3.63) is 34.6 Å². The van der Waals surface area contributed by atoms with E-state index in [2.05, 4.69) is 13.0 Å². The largest absolute Gasteiger partial charge is 0.207 e. The van der Waals surface area contributed by atoms with Gasteiger partial charge < -0.3 is 0 Å². The Bertz CT molecular complexity index is 390. The fraction of sp³-hybridized carbons (Fsp3) is 0.571. The topological polar surface area (TPSA) is 0 Å². The summed E-state index contributed by atoms with van der Waals surface area (Å²) in [7, 11) is 0. The Morgan fingerprint density at radius 2 is 2.06 bits per heavy atom. The Morgan fingerprint density at radius 1 is 1.38 bits per heavy atom. The third-order valence-corrected chi connectivity index (χ3v) is 4.09. The molecule has 2 unspecified atom stereocenters. The minimum atomic E-state index is -0.0751. The smallest absolute Gasteiger partial charge is 0.127 e. The van der Waals surface area contributed by atoms with E-state index >= 15 is 0 Å². The van der Waals surface area contributed by atoms with E-state index in [0.717, 1.165) is 36.0 Å². The molecule has 0 nitrogen and oxygen atoms in total. The van der Waals surface area contributed by atoms with E-state index in [4.69, 9.17) is 11.6 Å². The van der Waals surface area contributed by atoms with Gasteiger partial charge in [-0.3, -0.25) is 0 Å². The van der Waals surface area contributed by atoms with Crippen molar-refractivity contribution < 1.29 is 4.39 Å². The van der Waals surface area contributed by atoms with Crippen LogP contribution in [0.15, 0.2) is 12.1 Å². The molecule has 0 heterocycles. The van der Waals surface area contributed by atoms with Crippen molar-refractivity contribution in [3.63, 3.8) is 0 Å². The van der Waals surface area contributed by atoms with Gasteiger partial charge in [0.1, 0.15) is 5.82 Å². The molecule has 1 aliphatic rings. The van der Waals surface area contributed by atoms with E-state index < -0.39 is 0 Å². The minimum Gasteiger partial charge on any atom is -0.207 e. The van der Waals surface area contributed by atoms with Gasteiger partial charge >= 0.3 is 0 Å². The average molecular weight is 241 g/mol. The molecule has 0 N–H and O–H groups in total. The Balaban J connectivity index is 2.48. The van der Waals surface area contributed by atoms with Gasteiger partial charge in [-0.15, -0.1) is 11.6 Å². The van der Waals surface area contributed by atoms with Crippen LogP contribution in [0, 0.1) is 19.7 Å². The molecule has 1 aromatic rings. The van der Waals surface area contributed by atoms with Gasteiger partial charge in [0.15, 0.2) is 0 Å². The number of aryl methyl sites for hydroxylation is 2. The third kappa shape index (κ3) is 1.98. The maximum Gasteiger partial charge on any atom is 0.127 e. The zero-order chi connectivity index (χ0) is 11.9. The molecule has 1 aromatic carbocycles. The molecule has 2 atom stereocenters. The molecule has 2 heteroatoms. The molecular formula is C14H18ClF. The lowest BCUT2D eigenvalue weighted by atomic mass is 9.78. The SMILES string of the molecule is Cc1cc(C)c(C2(C)CCC(Cl)C2)c(F)c1. The lowest BCUT2D eigenvalue weighted by Crippen LogP contribution is -2.21. The van der Waals surface area contributed by atoms with Crippen molar-refractivity contribution in [1.29, 1.82) is 0 Å². The summed E-state index contributed by atoms with van der Waals surface area (Å²) < 4.78 is 14.1. The second kappa shape index (κ2) is 4.03. The first-order valence-electron chi connectivity index (χ1n) is 5.84. The van der Waals surface area contributed by atoms with Gasteiger partial charge in [-0.1, -0.05) is 13.0 Å². The first-order chi connectivity index (χ1) is 7.42. The van der Waals surface area contributed by atoms with Crippen LogP contribution in [0.5, 0.6) is 0 Å². The Hall–Kier alpha value is -0.560.